The highest BCUT2D eigenvalue weighted by atomic mass is 32.2. The third-order valence-electron chi connectivity index (χ3n) is 2.83. The summed E-state index contributed by atoms with van der Waals surface area (Å²) in [7, 11) is 0. The third-order valence-corrected chi connectivity index (χ3v) is 4.19. The summed E-state index contributed by atoms with van der Waals surface area (Å²) in [4.78, 5) is 11.8. The molecule has 16 heavy (non-hydrogen) atoms. The molecule has 1 aliphatic rings. The molecule has 1 saturated carbocycles. The molecule has 0 aromatic carbocycles. The number of hydrogen-bond donors (Lipinski definition) is 2. The number of rotatable bonds is 7. The molecule has 1 fully saturated rings. The molecule has 0 spiro atoms. The van der Waals surface area contributed by atoms with Crippen LogP contribution in [0.3, 0.4) is 0 Å². The first-order chi connectivity index (χ1) is 7.54. The largest absolute Gasteiger partial charge is 0.465 e. The van der Waals surface area contributed by atoms with Gasteiger partial charge in [0.2, 0.25) is 0 Å². The number of nitrogens with two attached hydrogens (primary N) is 1. The van der Waals surface area contributed by atoms with Crippen molar-refractivity contribution in [2.45, 2.75) is 37.5 Å². The quantitative estimate of drug-likeness (QED) is 0.650. The van der Waals surface area contributed by atoms with Gasteiger partial charge in [0, 0.05) is 11.0 Å². The summed E-state index contributed by atoms with van der Waals surface area (Å²) >= 11 is 1.53. The molecular weight excluding hydrogens is 226 g/mol. The molecule has 0 aromatic rings. The van der Waals surface area contributed by atoms with Gasteiger partial charge in [-0.25, -0.2) is 0 Å². The number of hydrogen-bond acceptors (Lipinski definition) is 5. The lowest BCUT2D eigenvalue weighted by Gasteiger charge is -2.27. The van der Waals surface area contributed by atoms with E-state index in [2.05, 4.69) is 0 Å². The number of thioether (sulfide) groups is 1. The number of carbonyl (C=O) groups excluding carboxylic acids is 1. The fraction of sp³-hybridized carbons (Fsp3) is 0.909. The zero-order valence-electron chi connectivity index (χ0n) is 9.94. The van der Waals surface area contributed by atoms with E-state index in [1.807, 2.05) is 6.92 Å². The van der Waals surface area contributed by atoms with Gasteiger partial charge in [-0.2, -0.15) is 11.8 Å². The van der Waals surface area contributed by atoms with Crippen LogP contribution in [0.15, 0.2) is 0 Å². The normalized spacial score (nSPS) is 21.2. The van der Waals surface area contributed by atoms with Crippen molar-refractivity contribution in [3.8, 4) is 0 Å². The lowest BCUT2D eigenvalue weighted by Crippen LogP contribution is -2.53. The molecule has 2 atom stereocenters. The van der Waals surface area contributed by atoms with E-state index in [1.165, 1.54) is 11.8 Å². The van der Waals surface area contributed by atoms with Crippen LogP contribution in [0.1, 0.15) is 26.7 Å². The number of aliphatic hydroxyl groups excluding tert-OH is 1. The molecule has 1 aliphatic carbocycles. The summed E-state index contributed by atoms with van der Waals surface area (Å²) < 4.78 is 5.03. The molecule has 0 heterocycles. The van der Waals surface area contributed by atoms with Crippen molar-refractivity contribution >= 4 is 17.7 Å². The predicted octanol–water partition coefficient (Wildman–Crippen LogP) is 0.771. The van der Waals surface area contributed by atoms with E-state index >= 15 is 0 Å². The first-order valence-electron chi connectivity index (χ1n) is 5.73. The summed E-state index contributed by atoms with van der Waals surface area (Å²) in [6, 6.07) is 0. The maximum Gasteiger partial charge on any atom is 0.327 e. The molecule has 2 unspecified atom stereocenters. The van der Waals surface area contributed by atoms with Gasteiger partial charge in [0.1, 0.15) is 5.54 Å². The molecule has 5 heteroatoms. The van der Waals surface area contributed by atoms with Gasteiger partial charge < -0.3 is 15.6 Å². The highest BCUT2D eigenvalue weighted by molar-refractivity contribution is 8.00. The number of aliphatic hydroxyl groups is 1. The highest BCUT2D eigenvalue weighted by Gasteiger charge is 2.49. The van der Waals surface area contributed by atoms with Crippen LogP contribution >= 0.6 is 11.8 Å². The smallest absolute Gasteiger partial charge is 0.327 e. The van der Waals surface area contributed by atoms with Crippen LogP contribution in [0.5, 0.6) is 0 Å². The Kier molecular flexibility index (Phi) is 5.08. The van der Waals surface area contributed by atoms with Crippen LogP contribution in [0.25, 0.3) is 0 Å². The van der Waals surface area contributed by atoms with Crippen molar-refractivity contribution in [1.29, 1.82) is 0 Å². The number of carbonyl (C=O) groups is 1. The monoisotopic (exact) mass is 247 g/mol. The summed E-state index contributed by atoms with van der Waals surface area (Å²) in [5, 5.41) is 9.06. The lowest BCUT2D eigenvalue weighted by atomic mass is 9.97. The molecule has 0 aromatic heterocycles. The zero-order valence-corrected chi connectivity index (χ0v) is 10.8. The summed E-state index contributed by atoms with van der Waals surface area (Å²) in [6.07, 6.45) is 2.01. The van der Waals surface area contributed by atoms with E-state index < -0.39 is 5.54 Å². The minimum absolute atomic E-state index is 0.105. The lowest BCUT2D eigenvalue weighted by molar-refractivity contribution is -0.149. The molecule has 1 rings (SSSR count). The van der Waals surface area contributed by atoms with E-state index in [9.17, 15) is 4.79 Å². The van der Waals surface area contributed by atoms with Gasteiger partial charge in [0.25, 0.3) is 0 Å². The predicted molar refractivity (Wildman–Crippen MR) is 65.3 cm³/mol. The van der Waals surface area contributed by atoms with Gasteiger partial charge in [0.05, 0.1) is 13.2 Å². The summed E-state index contributed by atoms with van der Waals surface area (Å²) in [5.74, 6) is 0.484. The van der Waals surface area contributed by atoms with Crippen LogP contribution in [0.2, 0.25) is 0 Å². The van der Waals surface area contributed by atoms with Gasteiger partial charge in [0.15, 0.2) is 0 Å². The first kappa shape index (κ1) is 13.8. The SMILES string of the molecule is CCOC(=O)C(N)(CSC(C)CO)C1CC1. The van der Waals surface area contributed by atoms with E-state index in [4.69, 9.17) is 15.6 Å². The molecular formula is C11H21NO3S. The van der Waals surface area contributed by atoms with Crippen LogP contribution in [-0.2, 0) is 9.53 Å². The Balaban J connectivity index is 2.54. The Hall–Kier alpha value is -0.260. The van der Waals surface area contributed by atoms with Crippen molar-refractivity contribution < 1.29 is 14.6 Å². The standard InChI is InChI=1S/C11H21NO3S/c1-3-15-10(14)11(12,9-4-5-9)7-16-8(2)6-13/h8-9,13H,3-7,12H2,1-2H3. The third kappa shape index (κ3) is 3.37. The van der Waals surface area contributed by atoms with Crippen molar-refractivity contribution in [3.05, 3.63) is 0 Å². The van der Waals surface area contributed by atoms with Crippen molar-refractivity contribution in [2.24, 2.45) is 11.7 Å². The second-order valence-corrected chi connectivity index (χ2v) is 5.77. The average Bonchev–Trinajstić information content (AvgIpc) is 3.09. The number of esters is 1. The summed E-state index contributed by atoms with van der Waals surface area (Å²) in [5.41, 5.74) is 5.30. The van der Waals surface area contributed by atoms with E-state index in [0.717, 1.165) is 12.8 Å². The minimum atomic E-state index is -0.857. The molecule has 94 valence electrons. The van der Waals surface area contributed by atoms with Gasteiger partial charge in [-0.15, -0.1) is 0 Å². The van der Waals surface area contributed by atoms with Crippen molar-refractivity contribution in [1.82, 2.24) is 0 Å². The van der Waals surface area contributed by atoms with E-state index in [-0.39, 0.29) is 23.7 Å². The zero-order chi connectivity index (χ0) is 12.2. The van der Waals surface area contributed by atoms with Crippen LogP contribution in [-0.4, -0.2) is 40.8 Å². The maximum atomic E-state index is 11.8. The number of ether oxygens (including phenoxy) is 1. The fourth-order valence-corrected chi connectivity index (χ4v) is 2.56. The first-order valence-corrected chi connectivity index (χ1v) is 6.78. The molecule has 0 amide bonds. The van der Waals surface area contributed by atoms with Gasteiger partial charge in [-0.05, 0) is 25.7 Å². The second-order valence-electron chi connectivity index (χ2n) is 4.34. The molecule has 0 saturated heterocycles. The molecule has 4 nitrogen and oxygen atoms in total. The van der Waals surface area contributed by atoms with Crippen molar-refractivity contribution in [2.75, 3.05) is 19.0 Å². The summed E-state index contributed by atoms with van der Waals surface area (Å²) in [6.45, 7) is 4.18. The highest BCUT2D eigenvalue weighted by Crippen LogP contribution is 2.41. The Labute approximate surface area is 101 Å². The van der Waals surface area contributed by atoms with E-state index in [0.29, 0.717) is 12.4 Å². The Morgan fingerprint density at radius 3 is 2.75 bits per heavy atom. The molecule has 0 radical (unpaired) electrons. The average molecular weight is 247 g/mol. The molecule has 0 aliphatic heterocycles. The van der Waals surface area contributed by atoms with Crippen LogP contribution in [0.4, 0.5) is 0 Å². The van der Waals surface area contributed by atoms with Crippen LogP contribution in [0, 0.1) is 5.92 Å². The Bertz CT molecular complexity index is 245. The second kappa shape index (κ2) is 5.89. The molecule has 0 bridgehead atoms. The minimum Gasteiger partial charge on any atom is -0.465 e. The Morgan fingerprint density at radius 1 is 1.69 bits per heavy atom. The van der Waals surface area contributed by atoms with Gasteiger partial charge in [-0.1, -0.05) is 6.92 Å². The van der Waals surface area contributed by atoms with Crippen LogP contribution < -0.4 is 5.73 Å². The fourth-order valence-electron chi connectivity index (χ4n) is 1.54. The van der Waals surface area contributed by atoms with Gasteiger partial charge >= 0.3 is 5.97 Å². The molecule has 3 N–H and O–H groups in total. The van der Waals surface area contributed by atoms with E-state index in [1.54, 1.807) is 6.92 Å². The maximum absolute atomic E-state index is 11.8. The Morgan fingerprint density at radius 2 is 2.31 bits per heavy atom. The topological polar surface area (TPSA) is 72.5 Å². The van der Waals surface area contributed by atoms with Gasteiger partial charge in [-0.3, -0.25) is 4.79 Å². The van der Waals surface area contributed by atoms with Crippen molar-refractivity contribution in [3.63, 3.8) is 0 Å².